The van der Waals surface area contributed by atoms with E-state index in [4.69, 9.17) is 5.41 Å². The third kappa shape index (κ3) is 4.68. The molecule has 2 atom stereocenters. The van der Waals surface area contributed by atoms with Crippen molar-refractivity contribution in [2.24, 2.45) is 0 Å². The highest BCUT2D eigenvalue weighted by atomic mass is 15.5. The Labute approximate surface area is 214 Å². The second-order valence-electron chi connectivity index (χ2n) is 9.56. The number of likely N-dealkylation sites (N-methyl/N-ethyl adjacent to an activating group) is 1. The molecule has 0 aliphatic carbocycles. The van der Waals surface area contributed by atoms with Gasteiger partial charge in [0.25, 0.3) is 0 Å². The fraction of sp³-hybridized carbons (Fsp3) is 0.296. The van der Waals surface area contributed by atoms with Gasteiger partial charge in [0, 0.05) is 26.2 Å². The molecule has 4 heterocycles. The van der Waals surface area contributed by atoms with Gasteiger partial charge in [0.05, 0.1) is 37.5 Å². The summed E-state index contributed by atoms with van der Waals surface area (Å²) in [7, 11) is 2.18. The van der Waals surface area contributed by atoms with Crippen LogP contribution in [0.3, 0.4) is 0 Å². The lowest BCUT2D eigenvalue weighted by Gasteiger charge is -2.41. The summed E-state index contributed by atoms with van der Waals surface area (Å²) in [6.07, 6.45) is 5.25. The Hall–Kier alpha value is -4.15. The summed E-state index contributed by atoms with van der Waals surface area (Å²) < 4.78 is 3.90. The standard InChI is InChI=1S/C27H30N10/c1-34-12-14-35(15-13-34)24(20-8-4-2-5-9-20)25(21-10-6-3-7-11-21)37-17-22(32-33-37)16-36-19-31-26(28)23-27(36)30-18-29-23/h2-11,17-19,24-25,28H,12-16H2,1H3,(H,29,30). The molecule has 6 rings (SSSR count). The molecule has 1 fully saturated rings. The SMILES string of the molecule is CN1CCN(C(c2ccccc2)C(c2ccccc2)n2cc(Cn3cnc(=N)c4[nH]cnc43)nn2)CC1. The first kappa shape index (κ1) is 23.3. The Morgan fingerprint density at radius 2 is 1.57 bits per heavy atom. The second kappa shape index (κ2) is 10.1. The van der Waals surface area contributed by atoms with Crippen molar-refractivity contribution in [3.8, 4) is 0 Å². The normalized spacial score (nSPS) is 16.7. The van der Waals surface area contributed by atoms with E-state index >= 15 is 0 Å². The molecule has 2 N–H and O–H groups in total. The molecule has 2 aromatic carbocycles. The molecule has 0 radical (unpaired) electrons. The van der Waals surface area contributed by atoms with Crippen molar-refractivity contribution in [1.82, 2.24) is 44.3 Å². The Kier molecular flexibility index (Phi) is 6.33. The van der Waals surface area contributed by atoms with Crippen LogP contribution in [0.5, 0.6) is 0 Å². The maximum Gasteiger partial charge on any atom is 0.173 e. The van der Waals surface area contributed by atoms with Crippen LogP contribution >= 0.6 is 0 Å². The summed E-state index contributed by atoms with van der Waals surface area (Å²) in [4.78, 5) is 16.5. The van der Waals surface area contributed by atoms with Crippen LogP contribution in [-0.4, -0.2) is 77.5 Å². The van der Waals surface area contributed by atoms with Crippen molar-refractivity contribution in [3.63, 3.8) is 0 Å². The number of nitrogens with one attached hydrogen (secondary N) is 2. The topological polar surface area (TPSA) is 108 Å². The Morgan fingerprint density at radius 3 is 2.27 bits per heavy atom. The first-order valence-electron chi connectivity index (χ1n) is 12.5. The van der Waals surface area contributed by atoms with Crippen molar-refractivity contribution < 1.29 is 0 Å². The molecule has 0 amide bonds. The van der Waals surface area contributed by atoms with Gasteiger partial charge >= 0.3 is 0 Å². The predicted octanol–water partition coefficient (Wildman–Crippen LogP) is 2.46. The minimum absolute atomic E-state index is 0.0580. The van der Waals surface area contributed by atoms with Crippen LogP contribution in [0.4, 0.5) is 0 Å². The van der Waals surface area contributed by atoms with E-state index in [0.717, 1.165) is 31.9 Å². The summed E-state index contributed by atoms with van der Waals surface area (Å²) in [6, 6.07) is 21.4. The van der Waals surface area contributed by atoms with Crippen molar-refractivity contribution in [1.29, 1.82) is 5.41 Å². The van der Waals surface area contributed by atoms with E-state index in [1.807, 2.05) is 15.4 Å². The molecule has 2 unspecified atom stereocenters. The van der Waals surface area contributed by atoms with E-state index in [0.29, 0.717) is 17.7 Å². The predicted molar refractivity (Wildman–Crippen MR) is 140 cm³/mol. The molecule has 3 aromatic heterocycles. The molecule has 0 bridgehead atoms. The maximum absolute atomic E-state index is 8.02. The molecule has 37 heavy (non-hydrogen) atoms. The number of H-pyrrole nitrogens is 1. The highest BCUT2D eigenvalue weighted by Gasteiger charge is 2.34. The molecule has 10 heteroatoms. The third-order valence-electron chi connectivity index (χ3n) is 7.14. The highest BCUT2D eigenvalue weighted by Crippen LogP contribution is 2.37. The van der Waals surface area contributed by atoms with Crippen LogP contribution in [0, 0.1) is 5.41 Å². The smallest absolute Gasteiger partial charge is 0.173 e. The average molecular weight is 495 g/mol. The van der Waals surface area contributed by atoms with Gasteiger partial charge in [0.1, 0.15) is 11.2 Å². The number of imidazole rings is 1. The maximum atomic E-state index is 8.02. The molecular formula is C27H30N10. The van der Waals surface area contributed by atoms with Crippen LogP contribution in [0.25, 0.3) is 11.2 Å². The molecule has 1 saturated heterocycles. The minimum atomic E-state index is -0.0580. The van der Waals surface area contributed by atoms with Crippen molar-refractivity contribution in [3.05, 3.63) is 102 Å². The van der Waals surface area contributed by atoms with Gasteiger partial charge in [-0.15, -0.1) is 5.10 Å². The summed E-state index contributed by atoms with van der Waals surface area (Å²) in [5.74, 6) is 0. The molecular weight excluding hydrogens is 464 g/mol. The fourth-order valence-corrected chi connectivity index (χ4v) is 5.21. The zero-order valence-electron chi connectivity index (χ0n) is 20.8. The number of aromatic amines is 1. The number of nitrogens with zero attached hydrogens (tertiary/aromatic N) is 8. The summed E-state index contributed by atoms with van der Waals surface area (Å²) >= 11 is 0. The summed E-state index contributed by atoms with van der Waals surface area (Å²) in [6.45, 7) is 4.49. The second-order valence-corrected chi connectivity index (χ2v) is 9.56. The summed E-state index contributed by atoms with van der Waals surface area (Å²) in [5, 5.41) is 17.2. The molecule has 188 valence electrons. The number of aromatic nitrogens is 7. The molecule has 10 nitrogen and oxygen atoms in total. The quantitative estimate of drug-likeness (QED) is 0.360. The van der Waals surface area contributed by atoms with E-state index in [2.05, 4.69) is 103 Å². The van der Waals surface area contributed by atoms with Gasteiger partial charge in [-0.3, -0.25) is 10.3 Å². The Balaban J connectivity index is 1.40. The number of rotatable bonds is 7. The Morgan fingerprint density at radius 1 is 0.892 bits per heavy atom. The number of hydrogen-bond donors (Lipinski definition) is 2. The lowest BCUT2D eigenvalue weighted by molar-refractivity contribution is 0.0877. The monoisotopic (exact) mass is 494 g/mol. The van der Waals surface area contributed by atoms with Crippen molar-refractivity contribution >= 4 is 11.2 Å². The first-order valence-corrected chi connectivity index (χ1v) is 12.5. The van der Waals surface area contributed by atoms with Crippen molar-refractivity contribution in [2.75, 3.05) is 33.2 Å². The zero-order chi connectivity index (χ0) is 25.2. The van der Waals surface area contributed by atoms with Gasteiger partial charge in [-0.05, 0) is 18.2 Å². The van der Waals surface area contributed by atoms with Gasteiger partial charge in [-0.25, -0.2) is 14.6 Å². The van der Waals surface area contributed by atoms with E-state index in [1.54, 1.807) is 12.7 Å². The van der Waals surface area contributed by atoms with Crippen LogP contribution in [-0.2, 0) is 6.54 Å². The molecule has 5 aromatic rings. The highest BCUT2D eigenvalue weighted by molar-refractivity contribution is 5.68. The lowest BCUT2D eigenvalue weighted by Crippen LogP contribution is -2.48. The van der Waals surface area contributed by atoms with E-state index in [-0.39, 0.29) is 17.6 Å². The molecule has 1 aliphatic rings. The zero-order valence-corrected chi connectivity index (χ0v) is 20.8. The number of benzene rings is 2. The summed E-state index contributed by atoms with van der Waals surface area (Å²) in [5.41, 5.74) is 4.72. The van der Waals surface area contributed by atoms with Gasteiger partial charge < -0.3 is 14.5 Å². The van der Waals surface area contributed by atoms with Gasteiger partial charge in [0.2, 0.25) is 0 Å². The molecule has 0 spiro atoms. The van der Waals surface area contributed by atoms with Crippen molar-refractivity contribution in [2.45, 2.75) is 18.6 Å². The van der Waals surface area contributed by atoms with E-state index < -0.39 is 0 Å². The fourth-order valence-electron chi connectivity index (χ4n) is 5.21. The largest absolute Gasteiger partial charge is 0.340 e. The molecule has 1 aliphatic heterocycles. The van der Waals surface area contributed by atoms with E-state index in [1.165, 1.54) is 11.1 Å². The number of hydrogen-bond acceptors (Lipinski definition) is 7. The van der Waals surface area contributed by atoms with Crippen LogP contribution in [0.1, 0.15) is 28.9 Å². The van der Waals surface area contributed by atoms with Crippen LogP contribution in [0.15, 0.2) is 79.5 Å². The molecule has 0 saturated carbocycles. The van der Waals surface area contributed by atoms with Gasteiger partial charge in [0.15, 0.2) is 11.1 Å². The number of fused-ring (bicyclic) bond motifs is 1. The third-order valence-corrected chi connectivity index (χ3v) is 7.14. The first-order chi connectivity index (χ1) is 18.2. The average Bonchev–Trinajstić information content (AvgIpc) is 3.61. The van der Waals surface area contributed by atoms with Gasteiger partial charge in [-0.2, -0.15) is 0 Å². The van der Waals surface area contributed by atoms with Gasteiger partial charge in [-0.1, -0.05) is 65.9 Å². The van der Waals surface area contributed by atoms with E-state index in [9.17, 15) is 0 Å². The minimum Gasteiger partial charge on any atom is -0.340 e. The van der Waals surface area contributed by atoms with Crippen LogP contribution < -0.4 is 5.49 Å². The number of piperazine rings is 1. The van der Waals surface area contributed by atoms with Crippen LogP contribution in [0.2, 0.25) is 0 Å². The lowest BCUT2D eigenvalue weighted by atomic mass is 9.91. The Bertz CT molecular complexity index is 1510.